The summed E-state index contributed by atoms with van der Waals surface area (Å²) in [6.45, 7) is 10.4. The number of alkyl halides is 3. The Morgan fingerprint density at radius 3 is 2.42 bits per heavy atom. The molecule has 0 bridgehead atoms. The Labute approximate surface area is 350 Å². The molecule has 314 valence electrons. The zero-order valence-electron chi connectivity index (χ0n) is 33.5. The number of hydrogen-bond acceptors (Lipinski definition) is 11. The van der Waals surface area contributed by atoms with E-state index in [0.29, 0.717) is 74.0 Å². The van der Waals surface area contributed by atoms with Gasteiger partial charge in [0.1, 0.15) is 23.9 Å². The van der Waals surface area contributed by atoms with E-state index in [9.17, 15) is 42.9 Å². The molecule has 2 atom stereocenters. The highest BCUT2D eigenvalue weighted by molar-refractivity contribution is 7.81. The molecule has 3 N–H and O–H groups in total. The number of carbonyl (C=O) groups is 4. The van der Waals surface area contributed by atoms with E-state index >= 15 is 0 Å². The summed E-state index contributed by atoms with van der Waals surface area (Å²) in [4.78, 5) is 57.6. The van der Waals surface area contributed by atoms with E-state index in [-0.39, 0.29) is 41.6 Å². The number of rotatable bonds is 12. The number of carbonyl (C=O) groups excluding carboxylic acids is 4. The number of anilines is 4. The maximum absolute atomic E-state index is 13.8. The highest BCUT2D eigenvalue weighted by atomic mass is 32.1. The van der Waals surface area contributed by atoms with E-state index in [2.05, 4.69) is 31.8 Å². The molecule has 18 heteroatoms. The molecule has 6 rings (SSSR count). The van der Waals surface area contributed by atoms with Gasteiger partial charge in [-0.15, -0.1) is 0 Å². The number of piperidine rings is 1. The zero-order valence-corrected chi connectivity index (χ0v) is 34.3. The van der Waals surface area contributed by atoms with Gasteiger partial charge in [0, 0.05) is 55.7 Å². The number of benzene rings is 3. The van der Waals surface area contributed by atoms with Gasteiger partial charge in [0.2, 0.25) is 17.7 Å². The molecule has 60 heavy (non-hydrogen) atoms. The molecule has 3 aliphatic heterocycles. The Morgan fingerprint density at radius 2 is 1.75 bits per heavy atom. The van der Waals surface area contributed by atoms with Crippen LogP contribution in [-0.4, -0.2) is 95.5 Å². The predicted octanol–water partition coefficient (Wildman–Crippen LogP) is 5.17. The van der Waals surface area contributed by atoms with E-state index in [1.165, 1.54) is 6.07 Å². The summed E-state index contributed by atoms with van der Waals surface area (Å²) in [6.07, 6.45) is -3.71. The van der Waals surface area contributed by atoms with Crippen LogP contribution < -0.4 is 30.5 Å². The van der Waals surface area contributed by atoms with Crippen molar-refractivity contribution in [1.29, 1.82) is 10.5 Å². The van der Waals surface area contributed by atoms with Crippen molar-refractivity contribution in [2.45, 2.75) is 70.8 Å². The lowest BCUT2D eigenvalue weighted by Crippen LogP contribution is -2.54. The van der Waals surface area contributed by atoms with Crippen LogP contribution in [0.1, 0.15) is 62.8 Å². The molecular weight excluding hydrogens is 800 g/mol. The molecule has 0 aliphatic carbocycles. The van der Waals surface area contributed by atoms with Crippen LogP contribution in [0.25, 0.3) is 0 Å². The quantitative estimate of drug-likeness (QED) is 0.162. The lowest BCUT2D eigenvalue weighted by atomic mass is 10.0. The summed E-state index contributed by atoms with van der Waals surface area (Å²) in [5, 5.41) is 27.0. The molecule has 3 fully saturated rings. The number of nitrogens with zero attached hydrogens (tertiary/aromatic N) is 6. The second-order valence-electron chi connectivity index (χ2n) is 15.4. The van der Waals surface area contributed by atoms with Crippen LogP contribution in [0.2, 0.25) is 0 Å². The number of nitrogens with one attached hydrogen (secondary N) is 3. The molecule has 14 nitrogen and oxygen atoms in total. The minimum absolute atomic E-state index is 0.00553. The Bertz CT molecular complexity index is 2310. The maximum atomic E-state index is 13.8. The minimum atomic E-state index is -4.80. The van der Waals surface area contributed by atoms with Gasteiger partial charge >= 0.3 is 6.18 Å². The van der Waals surface area contributed by atoms with Gasteiger partial charge in [-0.2, -0.15) is 23.7 Å². The van der Waals surface area contributed by atoms with Gasteiger partial charge < -0.3 is 20.3 Å². The number of piperazine rings is 1. The fourth-order valence-electron chi connectivity index (χ4n) is 7.64. The summed E-state index contributed by atoms with van der Waals surface area (Å²) in [7, 11) is 0. The molecule has 1 unspecified atom stereocenters. The fraction of sp³-hybridized carbons (Fsp3) is 0.405. The van der Waals surface area contributed by atoms with Gasteiger partial charge in [-0.1, -0.05) is 6.92 Å². The van der Waals surface area contributed by atoms with Gasteiger partial charge in [-0.3, -0.25) is 39.2 Å². The molecule has 0 radical (unpaired) electrons. The Hall–Kier alpha value is -6.08. The highest BCUT2D eigenvalue weighted by Gasteiger charge is 2.51. The van der Waals surface area contributed by atoms with Crippen molar-refractivity contribution in [2.24, 2.45) is 0 Å². The monoisotopic (exact) mass is 843 g/mol. The minimum Gasteiger partial charge on any atom is -0.492 e. The van der Waals surface area contributed by atoms with Crippen molar-refractivity contribution >= 4 is 63.7 Å². The number of ether oxygens (including phenoxy) is 1. The Morgan fingerprint density at radius 1 is 1.02 bits per heavy atom. The normalized spacial score (nSPS) is 19.8. The van der Waals surface area contributed by atoms with Gasteiger partial charge in [-0.25, -0.2) is 0 Å². The molecule has 3 aliphatic rings. The fourth-order valence-corrected chi connectivity index (χ4v) is 8.16. The van der Waals surface area contributed by atoms with E-state index in [1.54, 1.807) is 55.1 Å². The van der Waals surface area contributed by atoms with Gasteiger partial charge in [-0.05, 0) is 106 Å². The first kappa shape index (κ1) is 43.5. The van der Waals surface area contributed by atoms with Crippen LogP contribution in [0.15, 0.2) is 54.6 Å². The number of nitriles is 2. The molecule has 0 spiro atoms. The van der Waals surface area contributed by atoms with E-state index in [0.717, 1.165) is 22.6 Å². The standard InChI is InChI=1S/C42H44F3N9O5S/c1-5-27-18-32(54-40(60)53(39(58)41(54,3)4)31-7-6-28(22-47)33(20-31)42(43,44)45)8-10-35(27)59-15-14-51-12-13-52(25(2)23-51)24-37(56)49-30-17-26(21-46)16-29(19-30)48-34-9-11-36(55)50-38(34)57/h6-8,10,16-20,25,34,48H,5,9,11-15,23-24H2,1-4H3,(H,49,56)(H,50,55,57)/t25-,34?/m1/s1. The van der Waals surface area contributed by atoms with Crippen molar-refractivity contribution in [2.75, 3.05) is 59.8 Å². The lowest BCUT2D eigenvalue weighted by molar-refractivity contribution is -0.138. The molecule has 3 aromatic rings. The average Bonchev–Trinajstić information content (AvgIpc) is 3.37. The third-order valence-electron chi connectivity index (χ3n) is 10.8. The third-order valence-corrected chi connectivity index (χ3v) is 11.2. The summed E-state index contributed by atoms with van der Waals surface area (Å²) in [5.74, 6) is -0.898. The first-order valence-electron chi connectivity index (χ1n) is 19.4. The SMILES string of the molecule is CCc1cc(N2C(=S)N(c3ccc(C#N)c(C(F)(F)F)c3)C(=O)C2(C)C)ccc1OCCN1CCN(CC(=O)Nc2cc(C#N)cc(NC3CCC(=O)NC3=O)c2)[C@H](C)C1. The van der Waals surface area contributed by atoms with E-state index < -0.39 is 40.7 Å². The Balaban J connectivity index is 1.03. The topological polar surface area (TPSA) is 174 Å². The maximum Gasteiger partial charge on any atom is 0.417 e. The lowest BCUT2D eigenvalue weighted by Gasteiger charge is -2.39. The van der Waals surface area contributed by atoms with Crippen LogP contribution in [0, 0.1) is 22.7 Å². The van der Waals surface area contributed by atoms with Crippen LogP contribution in [-0.2, 0) is 31.8 Å². The number of thiocarbonyl (C=S) groups is 1. The average molecular weight is 844 g/mol. The van der Waals surface area contributed by atoms with Crippen LogP contribution in [0.3, 0.4) is 0 Å². The zero-order chi connectivity index (χ0) is 43.5. The highest BCUT2D eigenvalue weighted by Crippen LogP contribution is 2.40. The number of imide groups is 1. The number of aryl methyl sites for hydroxylation is 1. The number of halogens is 3. The third kappa shape index (κ3) is 9.36. The van der Waals surface area contributed by atoms with Crippen molar-refractivity contribution in [3.63, 3.8) is 0 Å². The molecule has 3 aromatic carbocycles. The summed E-state index contributed by atoms with van der Waals surface area (Å²) in [6, 6.07) is 16.3. The molecule has 3 heterocycles. The van der Waals surface area contributed by atoms with Crippen LogP contribution in [0.5, 0.6) is 5.75 Å². The van der Waals surface area contributed by atoms with Gasteiger partial charge in [0.15, 0.2) is 5.11 Å². The van der Waals surface area contributed by atoms with Gasteiger partial charge in [0.05, 0.1) is 41.1 Å². The summed E-state index contributed by atoms with van der Waals surface area (Å²) in [5.41, 5.74) is -0.426. The van der Waals surface area contributed by atoms with Crippen molar-refractivity contribution in [3.05, 3.63) is 76.9 Å². The van der Waals surface area contributed by atoms with Crippen molar-refractivity contribution in [1.82, 2.24) is 15.1 Å². The predicted molar refractivity (Wildman–Crippen MR) is 221 cm³/mol. The van der Waals surface area contributed by atoms with E-state index in [1.807, 2.05) is 19.9 Å². The molecule has 0 aromatic heterocycles. The second kappa shape index (κ2) is 17.6. The van der Waals surface area contributed by atoms with Crippen LogP contribution in [0.4, 0.5) is 35.9 Å². The van der Waals surface area contributed by atoms with Crippen molar-refractivity contribution in [3.8, 4) is 17.9 Å². The summed E-state index contributed by atoms with van der Waals surface area (Å²) < 4.78 is 47.6. The number of hydrogen-bond donors (Lipinski definition) is 3. The summed E-state index contributed by atoms with van der Waals surface area (Å²) >= 11 is 5.71. The van der Waals surface area contributed by atoms with Crippen molar-refractivity contribution < 1.29 is 37.1 Å². The number of amides is 4. The second-order valence-corrected chi connectivity index (χ2v) is 15.7. The Kier molecular flexibility index (Phi) is 12.8. The molecule has 4 amide bonds. The molecular formula is C42H44F3N9O5S. The molecule has 3 saturated heterocycles. The first-order valence-corrected chi connectivity index (χ1v) is 19.8. The van der Waals surface area contributed by atoms with Crippen LogP contribution >= 0.6 is 12.2 Å². The largest absolute Gasteiger partial charge is 0.492 e. The smallest absolute Gasteiger partial charge is 0.417 e. The van der Waals surface area contributed by atoms with Gasteiger partial charge in [0.25, 0.3) is 5.91 Å². The molecule has 0 saturated carbocycles. The van der Waals surface area contributed by atoms with E-state index in [4.69, 9.17) is 17.0 Å². The first-order chi connectivity index (χ1) is 28.4.